The van der Waals surface area contributed by atoms with Crippen molar-refractivity contribution in [2.24, 2.45) is 0 Å². The SMILES string of the molecule is O=C(O)[C@H](c1c[nH]c2ccc(OCc3ccccc3)cc12)N1CCN(CCc2ccccn2)CC1. The third kappa shape index (κ3) is 5.53. The van der Waals surface area contributed by atoms with Gasteiger partial charge in [0.25, 0.3) is 0 Å². The summed E-state index contributed by atoms with van der Waals surface area (Å²) in [4.78, 5) is 24.5. The predicted octanol–water partition coefficient (Wildman–Crippen LogP) is 4.13. The molecule has 7 heteroatoms. The van der Waals surface area contributed by atoms with Crippen LogP contribution >= 0.6 is 0 Å². The summed E-state index contributed by atoms with van der Waals surface area (Å²) in [7, 11) is 0. The Bertz CT molecular complexity index is 1250. The molecule has 2 aromatic heterocycles. The first-order valence-electron chi connectivity index (χ1n) is 12.0. The van der Waals surface area contributed by atoms with E-state index in [0.29, 0.717) is 19.7 Å². The lowest BCUT2D eigenvalue weighted by Gasteiger charge is -2.37. The van der Waals surface area contributed by atoms with Crippen molar-refractivity contribution in [3.8, 4) is 5.75 Å². The summed E-state index contributed by atoms with van der Waals surface area (Å²) in [6, 6.07) is 21.1. The number of rotatable bonds is 9. The van der Waals surface area contributed by atoms with Crippen LogP contribution in [0.25, 0.3) is 10.9 Å². The zero-order chi connectivity index (χ0) is 24.0. The summed E-state index contributed by atoms with van der Waals surface area (Å²) >= 11 is 0. The average Bonchev–Trinajstić information content (AvgIpc) is 3.31. The number of pyridine rings is 1. The second-order valence-corrected chi connectivity index (χ2v) is 8.92. The molecule has 5 rings (SSSR count). The smallest absolute Gasteiger partial charge is 0.325 e. The van der Waals surface area contributed by atoms with Gasteiger partial charge in [0.1, 0.15) is 18.4 Å². The van der Waals surface area contributed by atoms with Gasteiger partial charge < -0.3 is 19.7 Å². The van der Waals surface area contributed by atoms with Gasteiger partial charge in [-0.15, -0.1) is 0 Å². The number of carboxylic acids is 1. The van der Waals surface area contributed by atoms with E-state index in [0.717, 1.165) is 59.5 Å². The molecule has 0 amide bonds. The molecular weight excluding hydrogens is 440 g/mol. The molecule has 1 fully saturated rings. The van der Waals surface area contributed by atoms with E-state index in [1.807, 2.05) is 79.1 Å². The number of fused-ring (bicyclic) bond motifs is 1. The summed E-state index contributed by atoms with van der Waals surface area (Å²) in [5.74, 6) is -0.103. The van der Waals surface area contributed by atoms with E-state index in [2.05, 4.69) is 19.8 Å². The molecule has 2 aromatic carbocycles. The molecule has 1 aliphatic heterocycles. The van der Waals surface area contributed by atoms with Crippen LogP contribution in [-0.2, 0) is 17.8 Å². The van der Waals surface area contributed by atoms with E-state index in [-0.39, 0.29) is 0 Å². The van der Waals surface area contributed by atoms with Crippen molar-refractivity contribution in [3.63, 3.8) is 0 Å². The average molecular weight is 471 g/mol. The van der Waals surface area contributed by atoms with Gasteiger partial charge in [-0.3, -0.25) is 14.7 Å². The summed E-state index contributed by atoms with van der Waals surface area (Å²) in [6.07, 6.45) is 4.55. The number of benzene rings is 2. The normalized spacial score (nSPS) is 15.8. The highest BCUT2D eigenvalue weighted by Gasteiger charge is 2.32. The zero-order valence-corrected chi connectivity index (χ0v) is 19.6. The molecule has 35 heavy (non-hydrogen) atoms. The van der Waals surface area contributed by atoms with Gasteiger partial charge >= 0.3 is 5.97 Å². The fourth-order valence-electron chi connectivity index (χ4n) is 4.73. The number of piperazine rings is 1. The van der Waals surface area contributed by atoms with Gasteiger partial charge in [0.15, 0.2) is 0 Å². The molecule has 7 nitrogen and oxygen atoms in total. The van der Waals surface area contributed by atoms with Crippen LogP contribution in [0.4, 0.5) is 0 Å². The Morgan fingerprint density at radius 3 is 2.57 bits per heavy atom. The number of carbonyl (C=O) groups is 1. The quantitative estimate of drug-likeness (QED) is 0.383. The summed E-state index contributed by atoms with van der Waals surface area (Å²) in [5, 5.41) is 11.1. The van der Waals surface area contributed by atoms with Gasteiger partial charge in [0.2, 0.25) is 0 Å². The molecule has 1 atom stereocenters. The van der Waals surface area contributed by atoms with Crippen molar-refractivity contribution in [2.75, 3.05) is 32.7 Å². The number of nitrogens with zero attached hydrogens (tertiary/aromatic N) is 3. The Hall–Kier alpha value is -3.68. The van der Waals surface area contributed by atoms with Crippen LogP contribution in [0.2, 0.25) is 0 Å². The molecule has 3 heterocycles. The van der Waals surface area contributed by atoms with Crippen molar-refractivity contribution < 1.29 is 14.6 Å². The molecule has 0 unspecified atom stereocenters. The van der Waals surface area contributed by atoms with Crippen molar-refractivity contribution >= 4 is 16.9 Å². The van der Waals surface area contributed by atoms with Gasteiger partial charge in [0, 0.05) is 73.7 Å². The minimum atomic E-state index is -0.830. The Kier molecular flexibility index (Phi) is 7.07. The lowest BCUT2D eigenvalue weighted by Crippen LogP contribution is -2.49. The van der Waals surface area contributed by atoms with Crippen molar-refractivity contribution in [1.29, 1.82) is 0 Å². The summed E-state index contributed by atoms with van der Waals surface area (Å²) < 4.78 is 6.00. The van der Waals surface area contributed by atoms with E-state index in [4.69, 9.17) is 4.74 Å². The monoisotopic (exact) mass is 470 g/mol. The van der Waals surface area contributed by atoms with Crippen LogP contribution in [0.15, 0.2) is 79.1 Å². The van der Waals surface area contributed by atoms with E-state index >= 15 is 0 Å². The molecule has 2 N–H and O–H groups in total. The maximum atomic E-state index is 12.4. The fourth-order valence-corrected chi connectivity index (χ4v) is 4.73. The second kappa shape index (κ2) is 10.7. The second-order valence-electron chi connectivity index (χ2n) is 8.92. The summed E-state index contributed by atoms with van der Waals surface area (Å²) in [5.41, 5.74) is 3.86. The van der Waals surface area contributed by atoms with Crippen LogP contribution in [-0.4, -0.2) is 63.6 Å². The molecule has 1 saturated heterocycles. The lowest BCUT2D eigenvalue weighted by atomic mass is 10.0. The highest BCUT2D eigenvalue weighted by atomic mass is 16.5. The molecule has 0 spiro atoms. The van der Waals surface area contributed by atoms with Crippen molar-refractivity contribution in [3.05, 3.63) is 95.9 Å². The van der Waals surface area contributed by atoms with E-state index in [1.165, 1.54) is 0 Å². The number of H-pyrrole nitrogens is 1. The fraction of sp³-hybridized carbons (Fsp3) is 0.286. The topological polar surface area (TPSA) is 81.7 Å². The highest BCUT2D eigenvalue weighted by molar-refractivity contribution is 5.90. The molecule has 0 aliphatic carbocycles. The number of hydrogen-bond donors (Lipinski definition) is 2. The number of ether oxygens (including phenoxy) is 1. The van der Waals surface area contributed by atoms with Crippen LogP contribution < -0.4 is 4.74 Å². The third-order valence-electron chi connectivity index (χ3n) is 6.64. The minimum Gasteiger partial charge on any atom is -0.489 e. The van der Waals surface area contributed by atoms with Gasteiger partial charge in [-0.2, -0.15) is 0 Å². The van der Waals surface area contributed by atoms with Gasteiger partial charge in [-0.05, 0) is 35.9 Å². The third-order valence-corrected chi connectivity index (χ3v) is 6.64. The Morgan fingerprint density at radius 2 is 1.83 bits per heavy atom. The number of aromatic nitrogens is 2. The number of aromatic amines is 1. The zero-order valence-electron chi connectivity index (χ0n) is 19.6. The molecule has 4 aromatic rings. The van der Waals surface area contributed by atoms with E-state index in [1.54, 1.807) is 0 Å². The highest BCUT2D eigenvalue weighted by Crippen LogP contribution is 2.32. The minimum absolute atomic E-state index is 0.467. The van der Waals surface area contributed by atoms with E-state index < -0.39 is 12.0 Å². The number of carboxylic acid groups (broad SMARTS) is 1. The Labute approximate surface area is 205 Å². The Morgan fingerprint density at radius 1 is 1.03 bits per heavy atom. The predicted molar refractivity (Wildman–Crippen MR) is 135 cm³/mol. The summed E-state index contributed by atoms with van der Waals surface area (Å²) in [6.45, 7) is 4.48. The number of aliphatic carboxylic acids is 1. The molecule has 0 bridgehead atoms. The lowest BCUT2D eigenvalue weighted by molar-refractivity contribution is -0.144. The van der Waals surface area contributed by atoms with Crippen LogP contribution in [0.5, 0.6) is 5.75 Å². The van der Waals surface area contributed by atoms with Gasteiger partial charge in [-0.1, -0.05) is 36.4 Å². The maximum Gasteiger partial charge on any atom is 0.325 e. The van der Waals surface area contributed by atoms with Crippen molar-refractivity contribution in [1.82, 2.24) is 19.8 Å². The molecule has 180 valence electrons. The first kappa shape index (κ1) is 23.1. The molecule has 0 radical (unpaired) electrons. The first-order valence-corrected chi connectivity index (χ1v) is 12.0. The van der Waals surface area contributed by atoms with Gasteiger partial charge in [-0.25, -0.2) is 0 Å². The number of hydrogen-bond acceptors (Lipinski definition) is 5. The molecule has 1 aliphatic rings. The standard InChI is InChI=1S/C28H30N4O3/c33-28(34)27(32-16-14-31(15-17-32)13-11-22-8-4-5-12-29-22)25-19-30-26-10-9-23(18-24(25)26)35-20-21-6-2-1-3-7-21/h1-10,12,18-19,27,30H,11,13-17,20H2,(H,33,34)/t27-/m0/s1. The van der Waals surface area contributed by atoms with Crippen LogP contribution in [0.1, 0.15) is 22.9 Å². The van der Waals surface area contributed by atoms with Gasteiger partial charge in [0.05, 0.1) is 0 Å². The largest absolute Gasteiger partial charge is 0.489 e. The van der Waals surface area contributed by atoms with Crippen molar-refractivity contribution in [2.45, 2.75) is 19.1 Å². The molecule has 0 saturated carbocycles. The van der Waals surface area contributed by atoms with Crippen LogP contribution in [0.3, 0.4) is 0 Å². The molecular formula is C28H30N4O3. The number of nitrogens with one attached hydrogen (secondary N) is 1. The van der Waals surface area contributed by atoms with Crippen LogP contribution in [0, 0.1) is 0 Å². The first-order chi connectivity index (χ1) is 17.2. The van der Waals surface area contributed by atoms with E-state index in [9.17, 15) is 9.90 Å². The maximum absolute atomic E-state index is 12.4. The Balaban J connectivity index is 1.26.